The number of hydrogen-bond acceptors (Lipinski definition) is 3. The maximum atomic E-state index is 12.9. The molecule has 0 fully saturated rings. The molecule has 1 aliphatic heterocycles. The Kier molecular flexibility index (Phi) is 3.58. The molecule has 5 nitrogen and oxygen atoms in total. The third kappa shape index (κ3) is 2.39. The summed E-state index contributed by atoms with van der Waals surface area (Å²) in [7, 11) is -2.00. The van der Waals surface area contributed by atoms with E-state index in [0.29, 0.717) is 25.4 Å². The van der Waals surface area contributed by atoms with Gasteiger partial charge in [-0.2, -0.15) is 4.31 Å². The molecule has 3 aromatic rings. The van der Waals surface area contributed by atoms with Crippen molar-refractivity contribution < 1.29 is 13.2 Å². The standard InChI is InChI=1S/C18H18N2O3S/c1-23-16-6-4-7-17(12-16)24(21,22)19-9-10-20-15(13-19)11-14-5-2-3-8-18(14)20/h2-8,11-12H,9-10,13H2,1H3. The van der Waals surface area contributed by atoms with E-state index in [1.807, 2.05) is 12.1 Å². The summed E-state index contributed by atoms with van der Waals surface area (Å²) in [5.74, 6) is 0.544. The highest BCUT2D eigenvalue weighted by atomic mass is 32.2. The maximum absolute atomic E-state index is 12.9. The molecule has 1 aromatic heterocycles. The molecule has 2 heterocycles. The fourth-order valence-corrected chi connectivity index (χ4v) is 4.69. The molecule has 0 unspecified atom stereocenters. The SMILES string of the molecule is COc1cccc(S(=O)(=O)N2CCn3c(cc4ccccc43)C2)c1. The highest BCUT2D eigenvalue weighted by molar-refractivity contribution is 7.89. The molecule has 0 saturated carbocycles. The monoisotopic (exact) mass is 342 g/mol. The summed E-state index contributed by atoms with van der Waals surface area (Å²) in [4.78, 5) is 0.270. The van der Waals surface area contributed by atoms with Crippen LogP contribution in [0.1, 0.15) is 5.69 Å². The van der Waals surface area contributed by atoms with Gasteiger partial charge in [-0.05, 0) is 29.7 Å². The summed E-state index contributed by atoms with van der Waals surface area (Å²) in [6.45, 7) is 1.51. The van der Waals surface area contributed by atoms with Gasteiger partial charge in [0.25, 0.3) is 0 Å². The van der Waals surface area contributed by atoms with Gasteiger partial charge in [0, 0.05) is 30.4 Å². The van der Waals surface area contributed by atoms with Crippen LogP contribution in [0, 0.1) is 0 Å². The van der Waals surface area contributed by atoms with Crippen molar-refractivity contribution in [3.63, 3.8) is 0 Å². The van der Waals surface area contributed by atoms with E-state index >= 15 is 0 Å². The zero-order chi connectivity index (χ0) is 16.7. The van der Waals surface area contributed by atoms with Gasteiger partial charge < -0.3 is 9.30 Å². The van der Waals surface area contributed by atoms with Gasteiger partial charge in [0.15, 0.2) is 0 Å². The van der Waals surface area contributed by atoms with E-state index in [4.69, 9.17) is 4.74 Å². The largest absolute Gasteiger partial charge is 0.497 e. The van der Waals surface area contributed by atoms with Crippen LogP contribution in [0.3, 0.4) is 0 Å². The molecule has 0 atom stereocenters. The molecule has 124 valence electrons. The Morgan fingerprint density at radius 1 is 1.00 bits per heavy atom. The zero-order valence-corrected chi connectivity index (χ0v) is 14.2. The molecule has 0 radical (unpaired) electrons. The van der Waals surface area contributed by atoms with Crippen molar-refractivity contribution in [3.05, 3.63) is 60.3 Å². The van der Waals surface area contributed by atoms with Gasteiger partial charge in [0.05, 0.1) is 18.6 Å². The Morgan fingerprint density at radius 3 is 2.67 bits per heavy atom. The minimum atomic E-state index is -3.53. The quantitative estimate of drug-likeness (QED) is 0.735. The van der Waals surface area contributed by atoms with Crippen molar-refractivity contribution in [3.8, 4) is 5.75 Å². The summed E-state index contributed by atoms with van der Waals surface area (Å²) >= 11 is 0. The predicted molar refractivity (Wildman–Crippen MR) is 92.5 cm³/mol. The Balaban J connectivity index is 1.70. The van der Waals surface area contributed by atoms with Crippen molar-refractivity contribution in [1.82, 2.24) is 8.87 Å². The minimum absolute atomic E-state index is 0.270. The predicted octanol–water partition coefficient (Wildman–Crippen LogP) is 2.85. The lowest BCUT2D eigenvalue weighted by Crippen LogP contribution is -2.37. The average molecular weight is 342 g/mol. The number of aromatic nitrogens is 1. The first kappa shape index (κ1) is 15.2. The van der Waals surface area contributed by atoms with Crippen LogP contribution in [0.5, 0.6) is 5.75 Å². The first-order valence-electron chi connectivity index (χ1n) is 7.81. The number of methoxy groups -OCH3 is 1. The lowest BCUT2D eigenvalue weighted by Gasteiger charge is -2.28. The van der Waals surface area contributed by atoms with E-state index in [1.54, 1.807) is 24.3 Å². The third-order valence-electron chi connectivity index (χ3n) is 4.49. The lowest BCUT2D eigenvalue weighted by molar-refractivity contribution is 0.345. The van der Waals surface area contributed by atoms with Crippen LogP contribution in [-0.2, 0) is 23.1 Å². The Labute approximate surface area is 141 Å². The number of nitrogens with zero attached hydrogens (tertiary/aromatic N) is 2. The number of benzene rings is 2. The van der Waals surface area contributed by atoms with Crippen LogP contribution in [0.25, 0.3) is 10.9 Å². The minimum Gasteiger partial charge on any atom is -0.497 e. The first-order valence-corrected chi connectivity index (χ1v) is 9.25. The second kappa shape index (κ2) is 5.65. The highest BCUT2D eigenvalue weighted by Crippen LogP contribution is 2.28. The molecule has 0 N–H and O–H groups in total. The molecule has 1 aliphatic rings. The van der Waals surface area contributed by atoms with Crippen molar-refractivity contribution in [2.24, 2.45) is 0 Å². The smallest absolute Gasteiger partial charge is 0.243 e. The van der Waals surface area contributed by atoms with Crippen molar-refractivity contribution in [2.45, 2.75) is 18.0 Å². The first-order chi connectivity index (χ1) is 11.6. The summed E-state index contributed by atoms with van der Waals surface area (Å²) < 4.78 is 34.8. The van der Waals surface area contributed by atoms with E-state index < -0.39 is 10.0 Å². The van der Waals surface area contributed by atoms with Crippen LogP contribution in [0.15, 0.2) is 59.5 Å². The van der Waals surface area contributed by atoms with Crippen molar-refractivity contribution >= 4 is 20.9 Å². The van der Waals surface area contributed by atoms with Gasteiger partial charge in [0.2, 0.25) is 10.0 Å². The van der Waals surface area contributed by atoms with E-state index in [0.717, 1.165) is 16.6 Å². The fraction of sp³-hybridized carbons (Fsp3) is 0.222. The highest BCUT2D eigenvalue weighted by Gasteiger charge is 2.29. The summed E-state index contributed by atoms with van der Waals surface area (Å²) in [6, 6.07) is 16.8. The number of fused-ring (bicyclic) bond motifs is 3. The van der Waals surface area contributed by atoms with Gasteiger partial charge >= 0.3 is 0 Å². The van der Waals surface area contributed by atoms with E-state index in [1.165, 1.54) is 11.4 Å². The molecule has 0 aliphatic carbocycles. The summed E-state index contributed by atoms with van der Waals surface area (Å²) in [5, 5.41) is 1.15. The van der Waals surface area contributed by atoms with E-state index in [2.05, 4.69) is 22.8 Å². The van der Waals surface area contributed by atoms with Gasteiger partial charge in [0.1, 0.15) is 5.75 Å². The molecule has 0 amide bonds. The molecule has 0 spiro atoms. The average Bonchev–Trinajstić information content (AvgIpc) is 2.99. The second-order valence-corrected chi connectivity index (χ2v) is 7.80. The molecule has 0 bridgehead atoms. The van der Waals surface area contributed by atoms with Gasteiger partial charge in [-0.25, -0.2) is 8.42 Å². The van der Waals surface area contributed by atoms with Crippen LogP contribution in [0.4, 0.5) is 0 Å². The molecule has 6 heteroatoms. The number of rotatable bonds is 3. The Hall–Kier alpha value is -2.31. The van der Waals surface area contributed by atoms with Crippen LogP contribution >= 0.6 is 0 Å². The Bertz CT molecular complexity index is 1010. The normalized spacial score (nSPS) is 15.4. The molecular formula is C18H18N2O3S. The van der Waals surface area contributed by atoms with Crippen LogP contribution < -0.4 is 4.74 Å². The third-order valence-corrected chi connectivity index (χ3v) is 6.33. The molecule has 24 heavy (non-hydrogen) atoms. The number of para-hydroxylation sites is 1. The van der Waals surface area contributed by atoms with Crippen LogP contribution in [0.2, 0.25) is 0 Å². The van der Waals surface area contributed by atoms with E-state index in [-0.39, 0.29) is 4.90 Å². The maximum Gasteiger partial charge on any atom is 0.243 e. The topological polar surface area (TPSA) is 51.5 Å². The molecule has 4 rings (SSSR count). The second-order valence-electron chi connectivity index (χ2n) is 5.86. The van der Waals surface area contributed by atoms with Gasteiger partial charge in [-0.15, -0.1) is 0 Å². The number of ether oxygens (including phenoxy) is 1. The number of hydrogen-bond donors (Lipinski definition) is 0. The summed E-state index contributed by atoms with van der Waals surface area (Å²) in [6.07, 6.45) is 0. The summed E-state index contributed by atoms with van der Waals surface area (Å²) in [5.41, 5.74) is 2.18. The molecule has 2 aromatic carbocycles. The van der Waals surface area contributed by atoms with Crippen molar-refractivity contribution in [1.29, 1.82) is 0 Å². The Morgan fingerprint density at radius 2 is 1.83 bits per heavy atom. The fourth-order valence-electron chi connectivity index (χ4n) is 3.25. The molecular weight excluding hydrogens is 324 g/mol. The van der Waals surface area contributed by atoms with E-state index in [9.17, 15) is 8.42 Å². The lowest BCUT2D eigenvalue weighted by atomic mass is 10.2. The zero-order valence-electron chi connectivity index (χ0n) is 13.3. The number of sulfonamides is 1. The van der Waals surface area contributed by atoms with Crippen molar-refractivity contribution in [2.75, 3.05) is 13.7 Å². The van der Waals surface area contributed by atoms with Gasteiger partial charge in [-0.3, -0.25) is 0 Å². The van der Waals surface area contributed by atoms with Crippen LogP contribution in [-0.4, -0.2) is 30.9 Å². The molecule has 0 saturated heterocycles. The van der Waals surface area contributed by atoms with Gasteiger partial charge in [-0.1, -0.05) is 24.3 Å².